The molecule has 2 heterocycles. The van der Waals surface area contributed by atoms with Gasteiger partial charge in [0.2, 0.25) is 0 Å². The summed E-state index contributed by atoms with van der Waals surface area (Å²) >= 11 is 14.0. The van der Waals surface area contributed by atoms with E-state index in [0.717, 1.165) is 23.1 Å². The number of aliphatic hydroxyl groups excluding tert-OH is 1. The molecule has 0 fully saturated rings. The molecule has 1 amide bonds. The lowest BCUT2D eigenvalue weighted by molar-refractivity contribution is -0.387. The number of nitrogens with zero attached hydrogens (tertiary/aromatic N) is 2. The molecule has 2 N–H and O–H groups in total. The fourth-order valence-electron chi connectivity index (χ4n) is 1.52. The van der Waals surface area contributed by atoms with Crippen LogP contribution in [-0.2, 0) is 0 Å². The van der Waals surface area contributed by atoms with E-state index in [0.29, 0.717) is 4.90 Å². The predicted octanol–water partition coefficient (Wildman–Crippen LogP) is 3.23. The molecule has 122 valence electrons. The van der Waals surface area contributed by atoms with Crippen LogP contribution in [0.25, 0.3) is 0 Å². The number of nitro groups is 1. The second kappa shape index (κ2) is 7.93. The number of halogens is 2. The molecule has 2 rings (SSSR count). The zero-order valence-corrected chi connectivity index (χ0v) is 14.4. The van der Waals surface area contributed by atoms with Crippen molar-refractivity contribution in [2.24, 2.45) is 0 Å². The van der Waals surface area contributed by atoms with E-state index in [1.54, 1.807) is 0 Å². The van der Waals surface area contributed by atoms with Crippen LogP contribution in [0.2, 0.25) is 10.0 Å². The van der Waals surface area contributed by atoms with E-state index in [9.17, 15) is 14.9 Å². The highest BCUT2D eigenvalue weighted by Crippen LogP contribution is 2.45. The van der Waals surface area contributed by atoms with Crippen LogP contribution >= 0.6 is 46.3 Å². The largest absolute Gasteiger partial charge is 0.395 e. The second-order valence-electron chi connectivity index (χ2n) is 4.05. The maximum Gasteiger partial charge on any atom is 0.294 e. The van der Waals surface area contributed by atoms with Crippen LogP contribution in [0, 0.1) is 10.1 Å². The first-order chi connectivity index (χ1) is 10.9. The third kappa shape index (κ3) is 4.33. The molecule has 11 heteroatoms. The Morgan fingerprint density at radius 1 is 1.43 bits per heavy atom. The van der Waals surface area contributed by atoms with Gasteiger partial charge in [-0.1, -0.05) is 35.0 Å². The van der Waals surface area contributed by atoms with E-state index in [1.807, 2.05) is 0 Å². The van der Waals surface area contributed by atoms with Crippen LogP contribution < -0.4 is 5.32 Å². The van der Waals surface area contributed by atoms with Crippen molar-refractivity contribution < 1.29 is 14.8 Å². The summed E-state index contributed by atoms with van der Waals surface area (Å²) in [5.74, 6) is -0.495. The molecule has 0 atom stereocenters. The summed E-state index contributed by atoms with van der Waals surface area (Å²) < 4.78 is 0.277. The van der Waals surface area contributed by atoms with Gasteiger partial charge in [-0.15, -0.1) is 11.3 Å². The molecule has 2 aromatic heterocycles. The van der Waals surface area contributed by atoms with Gasteiger partial charge in [0.05, 0.1) is 26.5 Å². The molecular weight excluding hydrogens is 385 g/mol. The molecule has 0 aromatic carbocycles. The minimum atomic E-state index is -0.579. The van der Waals surface area contributed by atoms with Crippen molar-refractivity contribution in [3.05, 3.63) is 43.5 Å². The fourth-order valence-corrected chi connectivity index (χ4v) is 4.30. The Labute approximate surface area is 148 Å². The summed E-state index contributed by atoms with van der Waals surface area (Å²) in [6.45, 7) is -0.155. The SMILES string of the molecule is O=C(NCCO)c1cc([N+](=O)[O-])c(Sc2c(Cl)cncc2Cl)s1. The fraction of sp³-hybridized carbons (Fsp3) is 0.167. The van der Waals surface area contributed by atoms with E-state index in [2.05, 4.69) is 10.3 Å². The number of thiophene rings is 1. The van der Waals surface area contributed by atoms with Crippen LogP contribution in [0.4, 0.5) is 5.69 Å². The van der Waals surface area contributed by atoms with Gasteiger partial charge in [0.15, 0.2) is 0 Å². The quantitative estimate of drug-likeness (QED) is 0.576. The van der Waals surface area contributed by atoms with Gasteiger partial charge in [-0.25, -0.2) is 0 Å². The summed E-state index contributed by atoms with van der Waals surface area (Å²) in [5.41, 5.74) is -0.210. The molecular formula is C12H9Cl2N3O4S2. The summed E-state index contributed by atoms with van der Waals surface area (Å²) in [6.07, 6.45) is 2.76. The Morgan fingerprint density at radius 2 is 2.09 bits per heavy atom. The number of carbonyl (C=O) groups excluding carboxylic acids is 1. The highest BCUT2D eigenvalue weighted by Gasteiger charge is 2.24. The van der Waals surface area contributed by atoms with Gasteiger partial charge in [0.25, 0.3) is 11.6 Å². The zero-order chi connectivity index (χ0) is 17.0. The van der Waals surface area contributed by atoms with Crippen LogP contribution in [-0.4, -0.2) is 34.1 Å². The number of carbonyl (C=O) groups is 1. The molecule has 0 saturated carbocycles. The lowest BCUT2D eigenvalue weighted by atomic mass is 10.4. The van der Waals surface area contributed by atoms with Gasteiger partial charge in [0.1, 0.15) is 9.09 Å². The second-order valence-corrected chi connectivity index (χ2v) is 7.20. The third-order valence-electron chi connectivity index (χ3n) is 2.50. The summed E-state index contributed by atoms with van der Waals surface area (Å²) in [5, 5.41) is 22.9. The molecule has 7 nitrogen and oxygen atoms in total. The van der Waals surface area contributed by atoms with Gasteiger partial charge in [-0.3, -0.25) is 19.9 Å². The average Bonchev–Trinajstić information content (AvgIpc) is 2.93. The highest BCUT2D eigenvalue weighted by atomic mass is 35.5. The summed E-state index contributed by atoms with van der Waals surface area (Å²) in [4.78, 5) is 26.9. The Kier molecular flexibility index (Phi) is 6.19. The Morgan fingerprint density at radius 3 is 2.65 bits per heavy atom. The Bertz CT molecular complexity index is 734. The van der Waals surface area contributed by atoms with Crippen molar-refractivity contribution >= 4 is 57.9 Å². The van der Waals surface area contributed by atoms with E-state index in [-0.39, 0.29) is 38.0 Å². The van der Waals surface area contributed by atoms with Crippen molar-refractivity contribution in [3.63, 3.8) is 0 Å². The normalized spacial score (nSPS) is 10.6. The molecule has 0 aliphatic rings. The molecule has 0 aliphatic carbocycles. The highest BCUT2D eigenvalue weighted by molar-refractivity contribution is 8.01. The van der Waals surface area contributed by atoms with Gasteiger partial charge < -0.3 is 10.4 Å². The van der Waals surface area contributed by atoms with Crippen LogP contribution in [0.15, 0.2) is 27.6 Å². The summed E-state index contributed by atoms with van der Waals surface area (Å²) in [7, 11) is 0. The van der Waals surface area contributed by atoms with Crippen molar-refractivity contribution in [1.29, 1.82) is 0 Å². The standard InChI is InChI=1S/C12H9Cl2N3O4S2/c13-6-4-15-5-7(14)10(6)23-12-8(17(20)21)3-9(22-12)11(19)16-1-2-18/h3-5,18H,1-2H2,(H,16,19). The summed E-state index contributed by atoms with van der Waals surface area (Å²) in [6, 6.07) is 1.18. The molecule has 23 heavy (non-hydrogen) atoms. The average molecular weight is 394 g/mol. The minimum absolute atomic E-state index is 0.0645. The maximum absolute atomic E-state index is 11.9. The number of hydrogen-bond donors (Lipinski definition) is 2. The molecule has 0 unspecified atom stereocenters. The third-order valence-corrected chi connectivity index (χ3v) is 5.76. The molecule has 0 radical (unpaired) electrons. The lowest BCUT2D eigenvalue weighted by Crippen LogP contribution is -2.25. The topological polar surface area (TPSA) is 105 Å². The van der Waals surface area contributed by atoms with Crippen molar-refractivity contribution in [3.8, 4) is 0 Å². The van der Waals surface area contributed by atoms with E-state index in [1.165, 1.54) is 18.5 Å². The zero-order valence-electron chi connectivity index (χ0n) is 11.3. The van der Waals surface area contributed by atoms with Gasteiger partial charge in [-0.2, -0.15) is 0 Å². The maximum atomic E-state index is 11.9. The Balaban J connectivity index is 2.36. The predicted molar refractivity (Wildman–Crippen MR) is 88.8 cm³/mol. The molecule has 0 saturated heterocycles. The minimum Gasteiger partial charge on any atom is -0.395 e. The van der Waals surface area contributed by atoms with Crippen molar-refractivity contribution in [2.45, 2.75) is 9.10 Å². The molecule has 0 spiro atoms. The smallest absolute Gasteiger partial charge is 0.294 e. The van der Waals surface area contributed by atoms with Gasteiger partial charge >= 0.3 is 0 Å². The Hall–Kier alpha value is -1.39. The first kappa shape index (κ1) is 18.0. The number of pyridine rings is 1. The lowest BCUT2D eigenvalue weighted by Gasteiger charge is -2.03. The molecule has 2 aromatic rings. The van der Waals surface area contributed by atoms with Gasteiger partial charge in [-0.05, 0) is 0 Å². The van der Waals surface area contributed by atoms with Crippen LogP contribution in [0.3, 0.4) is 0 Å². The van der Waals surface area contributed by atoms with Crippen molar-refractivity contribution in [2.75, 3.05) is 13.2 Å². The molecule has 0 bridgehead atoms. The van der Waals surface area contributed by atoms with Crippen molar-refractivity contribution in [1.82, 2.24) is 10.3 Å². The first-order valence-electron chi connectivity index (χ1n) is 6.08. The van der Waals surface area contributed by atoms with E-state index < -0.39 is 10.8 Å². The van der Waals surface area contributed by atoms with Crippen LogP contribution in [0.1, 0.15) is 9.67 Å². The monoisotopic (exact) mass is 393 g/mol. The first-order valence-corrected chi connectivity index (χ1v) is 8.47. The van der Waals surface area contributed by atoms with Gasteiger partial charge in [0, 0.05) is 25.0 Å². The molecule has 0 aliphatic heterocycles. The number of aliphatic hydroxyl groups is 1. The number of aromatic nitrogens is 1. The number of rotatable bonds is 6. The van der Waals surface area contributed by atoms with E-state index in [4.69, 9.17) is 28.3 Å². The van der Waals surface area contributed by atoms with E-state index >= 15 is 0 Å². The number of nitrogens with one attached hydrogen (secondary N) is 1. The number of hydrogen-bond acceptors (Lipinski definition) is 7. The number of amides is 1. The van der Waals surface area contributed by atoms with Crippen LogP contribution in [0.5, 0.6) is 0 Å².